The minimum absolute atomic E-state index is 0.108. The Balaban J connectivity index is 1.88. The fraction of sp³-hybridized carbons (Fsp3) is 0.444. The molecule has 0 bridgehead atoms. The highest BCUT2D eigenvalue weighted by atomic mass is 32.1. The first-order chi connectivity index (χ1) is 10.9. The number of aryl methyl sites for hydroxylation is 1. The first-order valence-electron chi connectivity index (χ1n) is 7.99. The summed E-state index contributed by atoms with van der Waals surface area (Å²) in [7, 11) is 0. The van der Waals surface area contributed by atoms with E-state index < -0.39 is 0 Å². The maximum atomic E-state index is 5.96. The Hall–Kier alpha value is -1.88. The zero-order valence-corrected chi connectivity index (χ0v) is 15.2. The number of hydrogen-bond acceptors (Lipinski definition) is 3. The van der Waals surface area contributed by atoms with Gasteiger partial charge in [0.05, 0.1) is 10.7 Å². The van der Waals surface area contributed by atoms with E-state index in [9.17, 15) is 0 Å². The first kappa shape index (κ1) is 17.5. The minimum Gasteiger partial charge on any atom is -0.370 e. The van der Waals surface area contributed by atoms with E-state index in [2.05, 4.69) is 60.5 Å². The number of benzene rings is 1. The monoisotopic (exact) mass is 330 g/mol. The second-order valence-corrected chi connectivity index (χ2v) is 7.45. The summed E-state index contributed by atoms with van der Waals surface area (Å²) in [6.07, 6.45) is 1.82. The third-order valence-electron chi connectivity index (χ3n) is 3.45. The molecule has 124 valence electrons. The number of thiazole rings is 1. The summed E-state index contributed by atoms with van der Waals surface area (Å²) in [6, 6.07) is 8.22. The lowest BCUT2D eigenvalue weighted by molar-refractivity contribution is 0.583. The summed E-state index contributed by atoms with van der Waals surface area (Å²) in [5.74, 6) is 0.449. The third kappa shape index (κ3) is 5.36. The van der Waals surface area contributed by atoms with E-state index in [1.807, 2.05) is 12.1 Å². The van der Waals surface area contributed by atoms with E-state index in [0.29, 0.717) is 12.5 Å². The number of rotatable bonds is 5. The Kier molecular flexibility index (Phi) is 5.77. The van der Waals surface area contributed by atoms with Crippen molar-refractivity contribution in [1.82, 2.24) is 4.98 Å². The van der Waals surface area contributed by atoms with E-state index in [1.54, 1.807) is 11.3 Å². The van der Waals surface area contributed by atoms with Crippen LogP contribution in [-0.4, -0.2) is 17.5 Å². The Morgan fingerprint density at radius 3 is 2.78 bits per heavy atom. The van der Waals surface area contributed by atoms with Crippen molar-refractivity contribution < 1.29 is 0 Å². The van der Waals surface area contributed by atoms with Crippen molar-refractivity contribution >= 4 is 23.0 Å². The SMILES string of the molecule is CCc1cccc(NC(N)=NCCc2csc(C(C)(C)C)n2)c1. The van der Waals surface area contributed by atoms with Gasteiger partial charge in [0, 0.05) is 29.4 Å². The predicted molar refractivity (Wildman–Crippen MR) is 100 cm³/mol. The molecule has 0 aliphatic heterocycles. The van der Waals surface area contributed by atoms with Crippen LogP contribution in [0.15, 0.2) is 34.6 Å². The Bertz CT molecular complexity index is 668. The van der Waals surface area contributed by atoms with Crippen molar-refractivity contribution in [3.63, 3.8) is 0 Å². The molecule has 4 nitrogen and oxygen atoms in total. The van der Waals surface area contributed by atoms with E-state index >= 15 is 0 Å². The number of nitrogens with one attached hydrogen (secondary N) is 1. The molecule has 23 heavy (non-hydrogen) atoms. The smallest absolute Gasteiger partial charge is 0.193 e. The molecule has 0 spiro atoms. The lowest BCUT2D eigenvalue weighted by atomic mass is 9.98. The summed E-state index contributed by atoms with van der Waals surface area (Å²) in [5, 5.41) is 6.42. The molecule has 1 aromatic carbocycles. The lowest BCUT2D eigenvalue weighted by Gasteiger charge is -2.13. The highest BCUT2D eigenvalue weighted by Crippen LogP contribution is 2.25. The lowest BCUT2D eigenvalue weighted by Crippen LogP contribution is -2.23. The molecule has 1 aromatic heterocycles. The van der Waals surface area contributed by atoms with E-state index in [-0.39, 0.29) is 5.41 Å². The van der Waals surface area contributed by atoms with Crippen LogP contribution in [0.3, 0.4) is 0 Å². The average Bonchev–Trinajstić information content (AvgIpc) is 2.96. The van der Waals surface area contributed by atoms with Crippen LogP contribution in [0.1, 0.15) is 44.0 Å². The largest absolute Gasteiger partial charge is 0.370 e. The molecular formula is C18H26N4S. The normalized spacial score (nSPS) is 12.4. The summed E-state index contributed by atoms with van der Waals surface area (Å²) in [6.45, 7) is 9.32. The molecule has 0 amide bonds. The molecule has 0 aliphatic carbocycles. The maximum Gasteiger partial charge on any atom is 0.193 e. The van der Waals surface area contributed by atoms with Gasteiger partial charge in [0.2, 0.25) is 0 Å². The molecular weight excluding hydrogens is 304 g/mol. The van der Waals surface area contributed by atoms with Crippen molar-refractivity contribution in [3.8, 4) is 0 Å². The van der Waals surface area contributed by atoms with Crippen molar-refractivity contribution in [2.24, 2.45) is 10.7 Å². The third-order valence-corrected chi connectivity index (χ3v) is 4.77. The van der Waals surface area contributed by atoms with Crippen LogP contribution in [0, 0.1) is 0 Å². The molecule has 2 rings (SSSR count). The van der Waals surface area contributed by atoms with E-state index in [0.717, 1.165) is 24.2 Å². The molecule has 0 fully saturated rings. The molecule has 1 heterocycles. The summed E-state index contributed by atoms with van der Waals surface area (Å²) in [5.41, 5.74) is 9.41. The van der Waals surface area contributed by atoms with Gasteiger partial charge in [-0.05, 0) is 24.1 Å². The molecule has 0 aliphatic rings. The second-order valence-electron chi connectivity index (χ2n) is 6.59. The second kappa shape index (κ2) is 7.59. The van der Waals surface area contributed by atoms with Crippen LogP contribution in [0.4, 0.5) is 5.69 Å². The van der Waals surface area contributed by atoms with Crippen LogP contribution >= 0.6 is 11.3 Å². The van der Waals surface area contributed by atoms with Crippen molar-refractivity contribution in [2.45, 2.75) is 46.0 Å². The molecule has 2 aromatic rings. The molecule has 0 saturated heterocycles. The van der Waals surface area contributed by atoms with E-state index in [1.165, 1.54) is 10.6 Å². The highest BCUT2D eigenvalue weighted by molar-refractivity contribution is 7.09. The summed E-state index contributed by atoms with van der Waals surface area (Å²) >= 11 is 1.72. The standard InChI is InChI=1S/C18H26N4S/c1-5-13-7-6-8-14(11-13)22-17(19)20-10-9-15-12-23-16(21-15)18(2,3)4/h6-8,11-12H,5,9-10H2,1-4H3,(H3,19,20,22). The van der Waals surface area contributed by atoms with Crippen LogP contribution in [0.5, 0.6) is 0 Å². The fourth-order valence-electron chi connectivity index (χ4n) is 2.11. The Morgan fingerprint density at radius 2 is 2.13 bits per heavy atom. The predicted octanol–water partition coefficient (Wildman–Crippen LogP) is 3.97. The molecule has 3 N–H and O–H groups in total. The zero-order chi connectivity index (χ0) is 16.9. The van der Waals surface area contributed by atoms with Gasteiger partial charge in [0.25, 0.3) is 0 Å². The number of guanidine groups is 1. The Labute approximate surface area is 142 Å². The van der Waals surface area contributed by atoms with E-state index in [4.69, 9.17) is 5.73 Å². The summed E-state index contributed by atoms with van der Waals surface area (Å²) < 4.78 is 0. The van der Waals surface area contributed by atoms with Crippen LogP contribution in [0.25, 0.3) is 0 Å². The molecule has 0 saturated carbocycles. The van der Waals surface area contributed by atoms with Gasteiger partial charge >= 0.3 is 0 Å². The van der Waals surface area contributed by atoms with Gasteiger partial charge in [0.15, 0.2) is 5.96 Å². The van der Waals surface area contributed by atoms with Gasteiger partial charge < -0.3 is 11.1 Å². The zero-order valence-electron chi connectivity index (χ0n) is 14.4. The van der Waals surface area contributed by atoms with Crippen molar-refractivity contribution in [2.75, 3.05) is 11.9 Å². The van der Waals surface area contributed by atoms with Crippen LogP contribution in [-0.2, 0) is 18.3 Å². The number of nitrogens with zero attached hydrogens (tertiary/aromatic N) is 2. The fourth-order valence-corrected chi connectivity index (χ4v) is 3.06. The first-order valence-corrected chi connectivity index (χ1v) is 8.87. The van der Waals surface area contributed by atoms with Crippen molar-refractivity contribution in [1.29, 1.82) is 0 Å². The van der Waals surface area contributed by atoms with Crippen molar-refractivity contribution in [3.05, 3.63) is 45.9 Å². The van der Waals surface area contributed by atoms with Gasteiger partial charge in [-0.3, -0.25) is 4.99 Å². The molecule has 5 heteroatoms. The van der Waals surface area contributed by atoms with Gasteiger partial charge in [-0.1, -0.05) is 39.8 Å². The number of aromatic nitrogens is 1. The topological polar surface area (TPSA) is 63.3 Å². The van der Waals surface area contributed by atoms with Crippen LogP contribution < -0.4 is 11.1 Å². The highest BCUT2D eigenvalue weighted by Gasteiger charge is 2.17. The van der Waals surface area contributed by atoms with Gasteiger partial charge in [0.1, 0.15) is 0 Å². The van der Waals surface area contributed by atoms with Crippen LogP contribution in [0.2, 0.25) is 0 Å². The minimum atomic E-state index is 0.108. The molecule has 0 unspecified atom stereocenters. The summed E-state index contributed by atoms with van der Waals surface area (Å²) in [4.78, 5) is 9.06. The Morgan fingerprint density at radius 1 is 1.35 bits per heavy atom. The van der Waals surface area contributed by atoms with Gasteiger partial charge in [-0.2, -0.15) is 0 Å². The molecule has 0 radical (unpaired) electrons. The molecule has 0 atom stereocenters. The number of hydrogen-bond donors (Lipinski definition) is 2. The number of aliphatic imine (C=N–C) groups is 1. The maximum absolute atomic E-state index is 5.96. The quantitative estimate of drug-likeness (QED) is 0.644. The number of nitrogens with two attached hydrogens (primary N) is 1. The van der Waals surface area contributed by atoms with Gasteiger partial charge in [-0.25, -0.2) is 4.98 Å². The van der Waals surface area contributed by atoms with Gasteiger partial charge in [-0.15, -0.1) is 11.3 Å². The average molecular weight is 331 g/mol. The number of anilines is 1.